The van der Waals surface area contributed by atoms with E-state index in [2.05, 4.69) is 4.98 Å². The Kier molecular flexibility index (Phi) is 1.62. The van der Waals surface area contributed by atoms with Gasteiger partial charge in [-0.3, -0.25) is 4.79 Å². The quantitative estimate of drug-likeness (QED) is 0.660. The predicted molar refractivity (Wildman–Crippen MR) is 44.5 cm³/mol. The summed E-state index contributed by atoms with van der Waals surface area (Å²) in [4.78, 5) is 13.5. The summed E-state index contributed by atoms with van der Waals surface area (Å²) >= 11 is 0. The van der Waals surface area contributed by atoms with Gasteiger partial charge in [-0.1, -0.05) is 0 Å². The lowest BCUT2D eigenvalue weighted by atomic mass is 10.1. The Hall–Kier alpha value is -1.71. The van der Waals surface area contributed by atoms with Crippen molar-refractivity contribution in [3.8, 4) is 0 Å². The summed E-state index contributed by atoms with van der Waals surface area (Å²) in [5, 5.41) is 0.158. The van der Waals surface area contributed by atoms with Crippen LogP contribution >= 0.6 is 0 Å². The molecule has 0 spiro atoms. The lowest BCUT2D eigenvalue weighted by molar-refractivity contribution is 0.517. The highest BCUT2D eigenvalue weighted by molar-refractivity contribution is 5.81. The van der Waals surface area contributed by atoms with Crippen molar-refractivity contribution in [1.82, 2.24) is 4.98 Å². The third kappa shape index (κ3) is 1.11. The average Bonchev–Trinajstić information content (AvgIpc) is 2.12. The molecule has 0 radical (unpaired) electrons. The molecule has 0 saturated carbocycles. The first kappa shape index (κ1) is 7.91. The van der Waals surface area contributed by atoms with Gasteiger partial charge in [0.15, 0.2) is 11.6 Å². The van der Waals surface area contributed by atoms with Crippen LogP contribution in [0, 0.1) is 11.6 Å². The topological polar surface area (TPSA) is 32.9 Å². The minimum Gasteiger partial charge on any atom is -0.329 e. The molecule has 0 bridgehead atoms. The zero-order valence-corrected chi connectivity index (χ0v) is 6.47. The number of benzene rings is 1. The third-order valence-electron chi connectivity index (χ3n) is 1.84. The van der Waals surface area contributed by atoms with E-state index in [4.69, 9.17) is 0 Å². The molecule has 1 N–H and O–H groups in total. The van der Waals surface area contributed by atoms with E-state index in [0.29, 0.717) is 0 Å². The molecule has 66 valence electrons. The summed E-state index contributed by atoms with van der Waals surface area (Å²) < 4.78 is 25.7. The summed E-state index contributed by atoms with van der Waals surface area (Å²) in [6, 6.07) is 3.52. The van der Waals surface area contributed by atoms with E-state index in [-0.39, 0.29) is 10.8 Å². The van der Waals surface area contributed by atoms with Crippen molar-refractivity contribution in [2.24, 2.45) is 0 Å². The summed E-state index contributed by atoms with van der Waals surface area (Å²) in [6.07, 6.45) is 1.28. The van der Waals surface area contributed by atoms with Gasteiger partial charge in [-0.15, -0.1) is 0 Å². The third-order valence-corrected chi connectivity index (χ3v) is 1.84. The van der Waals surface area contributed by atoms with Crippen LogP contribution in [-0.4, -0.2) is 4.98 Å². The van der Waals surface area contributed by atoms with Gasteiger partial charge in [0.25, 0.3) is 5.56 Å². The van der Waals surface area contributed by atoms with Crippen molar-refractivity contribution in [3.63, 3.8) is 0 Å². The SMILES string of the molecule is O=c1[nH]ccc2c(F)c(F)ccc12. The van der Waals surface area contributed by atoms with Gasteiger partial charge in [-0.2, -0.15) is 0 Å². The van der Waals surface area contributed by atoms with Gasteiger partial charge in [-0.05, 0) is 18.2 Å². The monoisotopic (exact) mass is 181 g/mol. The van der Waals surface area contributed by atoms with Crippen LogP contribution in [0.25, 0.3) is 10.8 Å². The van der Waals surface area contributed by atoms with Crippen molar-refractivity contribution < 1.29 is 8.78 Å². The van der Waals surface area contributed by atoms with Gasteiger partial charge in [-0.25, -0.2) is 8.78 Å². The maximum atomic E-state index is 13.1. The number of hydrogen-bond donors (Lipinski definition) is 1. The zero-order chi connectivity index (χ0) is 9.42. The van der Waals surface area contributed by atoms with Crippen LogP contribution in [-0.2, 0) is 0 Å². The Bertz CT molecular complexity index is 518. The molecule has 13 heavy (non-hydrogen) atoms. The Morgan fingerprint density at radius 1 is 1.08 bits per heavy atom. The molecule has 1 aromatic heterocycles. The van der Waals surface area contributed by atoms with E-state index < -0.39 is 17.2 Å². The molecular weight excluding hydrogens is 176 g/mol. The van der Waals surface area contributed by atoms with E-state index in [9.17, 15) is 13.6 Å². The van der Waals surface area contributed by atoms with Crippen LogP contribution in [0.15, 0.2) is 29.2 Å². The molecular formula is C9H5F2NO. The molecule has 1 heterocycles. The Balaban J connectivity index is 3.03. The first-order valence-electron chi connectivity index (χ1n) is 3.65. The summed E-state index contributed by atoms with van der Waals surface area (Å²) in [5.41, 5.74) is -0.420. The van der Waals surface area contributed by atoms with Crippen molar-refractivity contribution in [1.29, 1.82) is 0 Å². The number of nitrogens with one attached hydrogen (secondary N) is 1. The molecule has 0 fully saturated rings. The van der Waals surface area contributed by atoms with Crippen LogP contribution in [0.4, 0.5) is 8.78 Å². The molecule has 2 rings (SSSR count). The van der Waals surface area contributed by atoms with Crippen molar-refractivity contribution in [2.75, 3.05) is 0 Å². The van der Waals surface area contributed by atoms with Crippen LogP contribution in [0.5, 0.6) is 0 Å². The number of H-pyrrole nitrogens is 1. The fourth-order valence-corrected chi connectivity index (χ4v) is 1.21. The minimum atomic E-state index is -0.983. The molecule has 0 atom stereocenters. The van der Waals surface area contributed by atoms with Crippen LogP contribution in [0.2, 0.25) is 0 Å². The maximum absolute atomic E-state index is 13.1. The van der Waals surface area contributed by atoms with Crippen LogP contribution in [0.1, 0.15) is 0 Å². The van der Waals surface area contributed by atoms with Crippen molar-refractivity contribution in [2.45, 2.75) is 0 Å². The fraction of sp³-hybridized carbons (Fsp3) is 0. The Labute approximate surface area is 71.8 Å². The smallest absolute Gasteiger partial charge is 0.255 e. The highest BCUT2D eigenvalue weighted by atomic mass is 19.2. The number of pyridine rings is 1. The Morgan fingerprint density at radius 2 is 1.85 bits per heavy atom. The minimum absolute atomic E-state index is 0.00347. The summed E-state index contributed by atoms with van der Waals surface area (Å²) in [6.45, 7) is 0. The number of halogens is 2. The molecule has 0 amide bonds. The second-order valence-corrected chi connectivity index (χ2v) is 2.63. The molecule has 2 nitrogen and oxygen atoms in total. The second-order valence-electron chi connectivity index (χ2n) is 2.63. The summed E-state index contributed by atoms with van der Waals surface area (Å²) in [5.74, 6) is -1.93. The van der Waals surface area contributed by atoms with Gasteiger partial charge < -0.3 is 4.98 Å². The van der Waals surface area contributed by atoms with E-state index in [1.54, 1.807) is 0 Å². The van der Waals surface area contributed by atoms with Crippen LogP contribution in [0.3, 0.4) is 0 Å². The highest BCUT2D eigenvalue weighted by Crippen LogP contribution is 2.16. The highest BCUT2D eigenvalue weighted by Gasteiger charge is 2.07. The first-order chi connectivity index (χ1) is 6.20. The normalized spacial score (nSPS) is 10.6. The molecule has 0 aliphatic carbocycles. The van der Waals surface area contributed by atoms with E-state index in [0.717, 1.165) is 6.07 Å². The van der Waals surface area contributed by atoms with Crippen LogP contribution < -0.4 is 5.56 Å². The van der Waals surface area contributed by atoms with Gasteiger partial charge in [0, 0.05) is 11.6 Å². The van der Waals surface area contributed by atoms with E-state index >= 15 is 0 Å². The predicted octanol–water partition coefficient (Wildman–Crippen LogP) is 1.81. The zero-order valence-electron chi connectivity index (χ0n) is 6.47. The maximum Gasteiger partial charge on any atom is 0.255 e. The van der Waals surface area contributed by atoms with Gasteiger partial charge in [0.05, 0.1) is 5.39 Å². The lowest BCUT2D eigenvalue weighted by Crippen LogP contribution is -2.05. The molecule has 1 aromatic carbocycles. The first-order valence-corrected chi connectivity index (χ1v) is 3.65. The number of aromatic nitrogens is 1. The van der Waals surface area contributed by atoms with Crippen molar-refractivity contribution in [3.05, 3.63) is 46.4 Å². The lowest BCUT2D eigenvalue weighted by Gasteiger charge is -1.97. The average molecular weight is 181 g/mol. The van der Waals surface area contributed by atoms with Crippen molar-refractivity contribution >= 4 is 10.8 Å². The molecule has 2 aromatic rings. The second kappa shape index (κ2) is 2.65. The largest absolute Gasteiger partial charge is 0.329 e. The summed E-state index contributed by atoms with van der Waals surface area (Å²) in [7, 11) is 0. The van der Waals surface area contributed by atoms with Gasteiger partial charge >= 0.3 is 0 Å². The fourth-order valence-electron chi connectivity index (χ4n) is 1.21. The number of aromatic amines is 1. The van der Waals surface area contributed by atoms with E-state index in [1.807, 2.05) is 0 Å². The molecule has 0 aliphatic rings. The molecule has 0 saturated heterocycles. The standard InChI is InChI=1S/C9H5F2NO/c10-7-2-1-6-5(8(7)11)3-4-12-9(6)13/h1-4H,(H,12,13). The molecule has 4 heteroatoms. The molecule has 0 unspecified atom stereocenters. The Morgan fingerprint density at radius 3 is 2.62 bits per heavy atom. The van der Waals surface area contributed by atoms with Gasteiger partial charge in [0.2, 0.25) is 0 Å². The van der Waals surface area contributed by atoms with Gasteiger partial charge in [0.1, 0.15) is 0 Å². The number of hydrogen-bond acceptors (Lipinski definition) is 1. The van der Waals surface area contributed by atoms with E-state index in [1.165, 1.54) is 18.3 Å². The number of fused-ring (bicyclic) bond motifs is 1. The molecule has 0 aliphatic heterocycles. The number of rotatable bonds is 0.